The van der Waals surface area contributed by atoms with Crippen molar-refractivity contribution in [2.75, 3.05) is 0 Å². The number of aromatic nitrogens is 3. The first-order chi connectivity index (χ1) is 9.47. The van der Waals surface area contributed by atoms with Crippen molar-refractivity contribution in [1.82, 2.24) is 19.5 Å². The van der Waals surface area contributed by atoms with Crippen LogP contribution in [0.3, 0.4) is 0 Å². The molecule has 2 N–H and O–H groups in total. The lowest BCUT2D eigenvalue weighted by atomic mass is 10.1. The molecule has 0 aliphatic rings. The monoisotopic (exact) mass is 294 g/mol. The molecule has 1 atom stereocenters. The molecule has 0 saturated carbocycles. The van der Waals surface area contributed by atoms with Crippen LogP contribution in [0.15, 0.2) is 17.6 Å². The first-order valence-electron chi connectivity index (χ1n) is 5.90. The van der Waals surface area contributed by atoms with Crippen molar-refractivity contribution in [2.45, 2.75) is 19.4 Å². The van der Waals surface area contributed by atoms with Crippen molar-refractivity contribution >= 4 is 23.4 Å². The second-order valence-electron chi connectivity index (χ2n) is 4.37. The van der Waals surface area contributed by atoms with Crippen LogP contribution in [0.4, 0.5) is 0 Å². The molecule has 0 fully saturated rings. The number of aryl methyl sites for hydroxylation is 2. The van der Waals surface area contributed by atoms with Crippen LogP contribution in [-0.2, 0) is 18.3 Å². The normalized spacial score (nSPS) is 12.1. The van der Waals surface area contributed by atoms with Crippen LogP contribution in [0.1, 0.15) is 21.7 Å². The summed E-state index contributed by atoms with van der Waals surface area (Å²) in [5.41, 5.74) is 1.77. The maximum absolute atomic E-state index is 11.8. The van der Waals surface area contributed by atoms with E-state index in [1.54, 1.807) is 36.3 Å². The topological polar surface area (TPSA) is 97.1 Å². The zero-order valence-corrected chi connectivity index (χ0v) is 11.8. The van der Waals surface area contributed by atoms with Gasteiger partial charge < -0.3 is 10.4 Å². The highest BCUT2D eigenvalue weighted by Crippen LogP contribution is 2.09. The zero-order chi connectivity index (χ0) is 14.7. The van der Waals surface area contributed by atoms with E-state index in [1.165, 1.54) is 0 Å². The molecule has 2 rings (SSSR count). The Labute approximate surface area is 119 Å². The second-order valence-corrected chi connectivity index (χ2v) is 5.03. The molecule has 1 amide bonds. The fourth-order valence-electron chi connectivity index (χ4n) is 1.83. The van der Waals surface area contributed by atoms with Crippen LogP contribution in [-0.4, -0.2) is 37.2 Å². The Morgan fingerprint density at radius 2 is 2.30 bits per heavy atom. The Balaban J connectivity index is 2.10. The van der Waals surface area contributed by atoms with Gasteiger partial charge in [0.2, 0.25) is 0 Å². The highest BCUT2D eigenvalue weighted by atomic mass is 32.1. The average Bonchev–Trinajstić information content (AvgIpc) is 2.98. The quantitative estimate of drug-likeness (QED) is 0.842. The number of carbonyl (C=O) groups excluding carboxylic acids is 1. The largest absolute Gasteiger partial charge is 0.480 e. The lowest BCUT2D eigenvalue weighted by Gasteiger charge is -2.13. The molecular weight excluding hydrogens is 280 g/mol. The van der Waals surface area contributed by atoms with Gasteiger partial charge in [0.1, 0.15) is 11.7 Å². The van der Waals surface area contributed by atoms with E-state index >= 15 is 0 Å². The third kappa shape index (κ3) is 3.21. The summed E-state index contributed by atoms with van der Waals surface area (Å²) in [6.45, 7) is 1.80. The smallest absolute Gasteiger partial charge is 0.326 e. The van der Waals surface area contributed by atoms with Crippen LogP contribution < -0.4 is 5.32 Å². The summed E-state index contributed by atoms with van der Waals surface area (Å²) in [5, 5.41) is 17.5. The average molecular weight is 294 g/mol. The van der Waals surface area contributed by atoms with Gasteiger partial charge in [0.05, 0.1) is 5.69 Å². The Bertz CT molecular complexity index is 621. The minimum absolute atomic E-state index is 0.185. The van der Waals surface area contributed by atoms with Crippen LogP contribution in [0.25, 0.3) is 0 Å². The number of hydrogen-bond donors (Lipinski definition) is 2. The number of aliphatic carboxylic acids is 1. The molecule has 8 heteroatoms. The van der Waals surface area contributed by atoms with Gasteiger partial charge in [-0.15, -0.1) is 0 Å². The van der Waals surface area contributed by atoms with Crippen LogP contribution in [0.2, 0.25) is 0 Å². The van der Waals surface area contributed by atoms with Crippen molar-refractivity contribution in [2.24, 2.45) is 7.05 Å². The highest BCUT2D eigenvalue weighted by Gasteiger charge is 2.23. The number of carboxylic acid groups (broad SMARTS) is 1. The van der Waals surface area contributed by atoms with Crippen molar-refractivity contribution in [3.8, 4) is 0 Å². The molecule has 0 aromatic carbocycles. The summed E-state index contributed by atoms with van der Waals surface area (Å²) in [6.07, 6.45) is 1.94. The fourth-order valence-corrected chi connectivity index (χ4v) is 2.34. The standard InChI is InChI=1S/C12H14N4O3S/c1-7-8(6-16(2)14-7)5-10(12(18)19)13-11(17)9-3-4-20-15-9/h3-4,6,10H,5H2,1-2H3,(H,13,17)(H,18,19). The van der Waals surface area contributed by atoms with Crippen molar-refractivity contribution in [3.05, 3.63) is 34.6 Å². The number of nitrogens with zero attached hydrogens (tertiary/aromatic N) is 3. The molecule has 0 aliphatic carbocycles. The van der Waals surface area contributed by atoms with E-state index in [4.69, 9.17) is 0 Å². The van der Waals surface area contributed by atoms with Crippen LogP contribution in [0.5, 0.6) is 0 Å². The third-order valence-corrected chi connectivity index (χ3v) is 3.37. The number of carbonyl (C=O) groups is 2. The number of amides is 1. The SMILES string of the molecule is Cc1nn(C)cc1CC(NC(=O)c1ccsn1)C(=O)O. The lowest BCUT2D eigenvalue weighted by Crippen LogP contribution is -2.42. The van der Waals surface area contributed by atoms with Crippen LogP contribution >= 0.6 is 11.5 Å². The Hall–Kier alpha value is -2.22. The van der Waals surface area contributed by atoms with Gasteiger partial charge in [-0.1, -0.05) is 0 Å². The Morgan fingerprint density at radius 3 is 2.80 bits per heavy atom. The van der Waals surface area contributed by atoms with Gasteiger partial charge in [-0.3, -0.25) is 9.48 Å². The summed E-state index contributed by atoms with van der Waals surface area (Å²) in [4.78, 5) is 23.1. The van der Waals surface area contributed by atoms with Gasteiger partial charge in [-0.25, -0.2) is 4.79 Å². The van der Waals surface area contributed by atoms with E-state index < -0.39 is 17.9 Å². The first-order valence-corrected chi connectivity index (χ1v) is 6.74. The van der Waals surface area contributed by atoms with E-state index in [9.17, 15) is 14.7 Å². The predicted octanol–water partition coefficient (Wildman–Crippen LogP) is 0.611. The van der Waals surface area contributed by atoms with Gasteiger partial charge in [-0.2, -0.15) is 9.47 Å². The van der Waals surface area contributed by atoms with Gasteiger partial charge in [0, 0.05) is 25.0 Å². The Morgan fingerprint density at radius 1 is 1.55 bits per heavy atom. The lowest BCUT2D eigenvalue weighted by molar-refractivity contribution is -0.139. The first kappa shape index (κ1) is 14.2. The van der Waals surface area contributed by atoms with E-state index in [1.807, 2.05) is 0 Å². The maximum atomic E-state index is 11.8. The summed E-state index contributed by atoms with van der Waals surface area (Å²) in [7, 11) is 1.76. The van der Waals surface area contributed by atoms with E-state index in [0.29, 0.717) is 0 Å². The molecule has 7 nitrogen and oxygen atoms in total. The Kier molecular flexibility index (Phi) is 4.14. The highest BCUT2D eigenvalue weighted by molar-refractivity contribution is 7.03. The summed E-state index contributed by atoms with van der Waals surface area (Å²) in [5.74, 6) is -1.57. The predicted molar refractivity (Wildman–Crippen MR) is 72.7 cm³/mol. The fraction of sp³-hybridized carbons (Fsp3) is 0.333. The molecule has 0 aliphatic heterocycles. The minimum atomic E-state index is -1.09. The van der Waals surface area contributed by atoms with E-state index in [0.717, 1.165) is 22.8 Å². The molecule has 1 unspecified atom stereocenters. The summed E-state index contributed by atoms with van der Waals surface area (Å²) >= 11 is 1.14. The maximum Gasteiger partial charge on any atom is 0.326 e. The second kappa shape index (κ2) is 5.83. The van der Waals surface area contributed by atoms with Crippen molar-refractivity contribution in [1.29, 1.82) is 0 Å². The molecule has 0 bridgehead atoms. The molecule has 106 valence electrons. The van der Waals surface area contributed by atoms with E-state index in [-0.39, 0.29) is 12.1 Å². The third-order valence-electron chi connectivity index (χ3n) is 2.81. The zero-order valence-electron chi connectivity index (χ0n) is 11.0. The minimum Gasteiger partial charge on any atom is -0.480 e. The number of hydrogen-bond acceptors (Lipinski definition) is 5. The number of carboxylic acids is 1. The van der Waals surface area contributed by atoms with Gasteiger partial charge in [0.15, 0.2) is 0 Å². The molecule has 0 spiro atoms. The molecule has 2 aromatic heterocycles. The van der Waals surface area contributed by atoms with Crippen LogP contribution in [0, 0.1) is 6.92 Å². The van der Waals surface area contributed by atoms with Gasteiger partial charge in [-0.05, 0) is 30.1 Å². The number of rotatable bonds is 5. The van der Waals surface area contributed by atoms with Gasteiger partial charge >= 0.3 is 5.97 Å². The number of nitrogens with one attached hydrogen (secondary N) is 1. The molecule has 2 aromatic rings. The summed E-state index contributed by atoms with van der Waals surface area (Å²) < 4.78 is 5.49. The van der Waals surface area contributed by atoms with Crippen molar-refractivity contribution in [3.63, 3.8) is 0 Å². The molecule has 0 saturated heterocycles. The molecule has 20 heavy (non-hydrogen) atoms. The van der Waals surface area contributed by atoms with E-state index in [2.05, 4.69) is 14.8 Å². The summed E-state index contributed by atoms with van der Waals surface area (Å²) in [6, 6.07) is 0.543. The molecule has 2 heterocycles. The molecule has 0 radical (unpaired) electrons. The molecular formula is C12H14N4O3S. The van der Waals surface area contributed by atoms with Gasteiger partial charge in [0.25, 0.3) is 5.91 Å². The van der Waals surface area contributed by atoms with Crippen molar-refractivity contribution < 1.29 is 14.7 Å².